The van der Waals surface area contributed by atoms with Gasteiger partial charge in [-0.2, -0.15) is 0 Å². The molecule has 140 valence electrons. The molecule has 2 fully saturated rings. The van der Waals surface area contributed by atoms with Crippen LogP contribution in [-0.4, -0.2) is 49.2 Å². The highest BCUT2D eigenvalue weighted by Gasteiger charge is 2.35. The van der Waals surface area contributed by atoms with Crippen LogP contribution < -0.4 is 15.4 Å². The van der Waals surface area contributed by atoms with Gasteiger partial charge < -0.3 is 25.0 Å². The Morgan fingerprint density at radius 1 is 1.04 bits per heavy atom. The van der Waals surface area contributed by atoms with Crippen LogP contribution in [0.4, 0.5) is 10.5 Å². The molecule has 0 aromatic heterocycles. The van der Waals surface area contributed by atoms with Crippen molar-refractivity contribution < 1.29 is 19.1 Å². The smallest absolute Gasteiger partial charge is 0.321 e. The predicted molar refractivity (Wildman–Crippen MR) is 99.8 cm³/mol. The van der Waals surface area contributed by atoms with E-state index in [1.165, 1.54) is 0 Å². The van der Waals surface area contributed by atoms with Gasteiger partial charge in [-0.15, -0.1) is 0 Å². The summed E-state index contributed by atoms with van der Waals surface area (Å²) in [6, 6.07) is 16.3. The molecule has 3 amide bonds. The van der Waals surface area contributed by atoms with Crippen molar-refractivity contribution in [1.82, 2.24) is 10.2 Å². The number of nitrogens with one attached hydrogen (secondary N) is 2. The maximum atomic E-state index is 12.6. The van der Waals surface area contributed by atoms with Crippen molar-refractivity contribution in [3.8, 4) is 11.5 Å². The number of fused-ring (bicyclic) bond motifs is 3. The summed E-state index contributed by atoms with van der Waals surface area (Å²) in [5, 5.41) is 5.80. The summed E-state index contributed by atoms with van der Waals surface area (Å²) in [6.45, 7) is 1.56. The van der Waals surface area contributed by atoms with E-state index >= 15 is 0 Å². The highest BCUT2D eigenvalue weighted by molar-refractivity contribution is 5.90. The van der Waals surface area contributed by atoms with Crippen molar-refractivity contribution in [3.63, 3.8) is 0 Å². The van der Waals surface area contributed by atoms with Gasteiger partial charge in [0.25, 0.3) is 0 Å². The van der Waals surface area contributed by atoms with Gasteiger partial charge in [-0.05, 0) is 36.4 Å². The third-order valence-electron chi connectivity index (χ3n) is 4.61. The highest BCUT2D eigenvalue weighted by Crippen LogP contribution is 2.23. The Labute approximate surface area is 157 Å². The Hall–Kier alpha value is -3.06. The van der Waals surface area contributed by atoms with Crippen LogP contribution in [0.3, 0.4) is 0 Å². The minimum Gasteiger partial charge on any atom is -0.457 e. The van der Waals surface area contributed by atoms with Crippen LogP contribution in [0.15, 0.2) is 54.6 Å². The number of hydrogen-bond acceptors (Lipinski definition) is 4. The molecule has 2 heterocycles. The third kappa shape index (κ3) is 4.20. The fraction of sp³-hybridized carbons (Fsp3) is 0.300. The SMILES string of the molecule is O=C1N[C@@H]2COC[C@H]1CN(C(=O)Nc1ccc(Oc3ccccc3)cc1)C2. The number of hydrogen-bond donors (Lipinski definition) is 2. The number of rotatable bonds is 3. The molecule has 2 saturated heterocycles. The molecule has 0 unspecified atom stereocenters. The summed E-state index contributed by atoms with van der Waals surface area (Å²) in [5.41, 5.74) is 0.672. The largest absolute Gasteiger partial charge is 0.457 e. The van der Waals surface area contributed by atoms with Gasteiger partial charge in [0.1, 0.15) is 11.5 Å². The lowest BCUT2D eigenvalue weighted by molar-refractivity contribution is -0.125. The monoisotopic (exact) mass is 367 g/mol. The summed E-state index contributed by atoms with van der Waals surface area (Å²) in [5.74, 6) is 1.07. The molecule has 7 heteroatoms. The van der Waals surface area contributed by atoms with Crippen molar-refractivity contribution in [3.05, 3.63) is 54.6 Å². The second-order valence-electron chi connectivity index (χ2n) is 6.71. The number of para-hydroxylation sites is 1. The average Bonchev–Trinajstić information content (AvgIpc) is 2.93. The fourth-order valence-electron chi connectivity index (χ4n) is 3.23. The molecule has 7 nitrogen and oxygen atoms in total. The number of carbonyl (C=O) groups is 2. The van der Waals surface area contributed by atoms with Crippen LogP contribution in [0.5, 0.6) is 11.5 Å². The first-order valence-electron chi connectivity index (χ1n) is 8.94. The van der Waals surface area contributed by atoms with Gasteiger partial charge in [0.2, 0.25) is 5.91 Å². The van der Waals surface area contributed by atoms with Gasteiger partial charge in [-0.1, -0.05) is 18.2 Å². The van der Waals surface area contributed by atoms with Gasteiger partial charge in [-0.3, -0.25) is 4.79 Å². The van der Waals surface area contributed by atoms with Gasteiger partial charge in [-0.25, -0.2) is 4.79 Å². The summed E-state index contributed by atoms with van der Waals surface area (Å²) < 4.78 is 11.2. The Kier molecular flexibility index (Phi) is 4.93. The molecule has 2 atom stereocenters. The van der Waals surface area contributed by atoms with E-state index < -0.39 is 0 Å². The fourth-order valence-corrected chi connectivity index (χ4v) is 3.23. The molecule has 0 spiro atoms. The number of ether oxygens (including phenoxy) is 2. The van der Waals surface area contributed by atoms with Gasteiger partial charge in [0.15, 0.2) is 0 Å². The van der Waals surface area contributed by atoms with E-state index in [0.717, 1.165) is 5.75 Å². The summed E-state index contributed by atoms with van der Waals surface area (Å²) in [4.78, 5) is 26.4. The van der Waals surface area contributed by atoms with Crippen LogP contribution >= 0.6 is 0 Å². The van der Waals surface area contributed by atoms with Gasteiger partial charge >= 0.3 is 6.03 Å². The zero-order chi connectivity index (χ0) is 18.6. The minimum absolute atomic E-state index is 0.0461. The second kappa shape index (κ2) is 7.67. The van der Waals surface area contributed by atoms with E-state index in [2.05, 4.69) is 10.6 Å². The molecular formula is C20H21N3O4. The second-order valence-corrected chi connectivity index (χ2v) is 6.71. The molecular weight excluding hydrogens is 346 g/mol. The molecule has 27 heavy (non-hydrogen) atoms. The number of nitrogens with zero attached hydrogens (tertiary/aromatic N) is 1. The van der Waals surface area contributed by atoms with Crippen LogP contribution in [0, 0.1) is 5.92 Å². The molecule has 2 bridgehead atoms. The van der Waals surface area contributed by atoms with Gasteiger partial charge in [0.05, 0.1) is 25.2 Å². The minimum atomic E-state index is -0.329. The van der Waals surface area contributed by atoms with Crippen LogP contribution in [0.1, 0.15) is 0 Å². The number of anilines is 1. The van der Waals surface area contributed by atoms with E-state index in [-0.39, 0.29) is 23.9 Å². The Morgan fingerprint density at radius 3 is 2.56 bits per heavy atom. The Morgan fingerprint density at radius 2 is 1.78 bits per heavy atom. The topological polar surface area (TPSA) is 79.9 Å². The zero-order valence-corrected chi connectivity index (χ0v) is 14.8. The van der Waals surface area contributed by atoms with Crippen molar-refractivity contribution in [1.29, 1.82) is 0 Å². The first-order chi connectivity index (χ1) is 13.2. The van der Waals surface area contributed by atoms with Crippen molar-refractivity contribution in [2.45, 2.75) is 6.04 Å². The van der Waals surface area contributed by atoms with E-state index in [1.807, 2.05) is 30.3 Å². The molecule has 0 radical (unpaired) electrons. The maximum absolute atomic E-state index is 12.6. The van der Waals surface area contributed by atoms with Crippen molar-refractivity contribution in [2.24, 2.45) is 5.92 Å². The van der Waals surface area contributed by atoms with E-state index in [4.69, 9.17) is 9.47 Å². The Balaban J connectivity index is 1.38. The standard InChI is InChI=1S/C20H21N3O4/c24-19-14-10-23(11-16(21-19)13-26-12-14)20(25)22-15-6-8-18(9-7-15)27-17-4-2-1-3-5-17/h1-9,14,16H,10-13H2,(H,21,24)(H,22,25)/t14-,16+/m1/s1. The predicted octanol–water partition coefficient (Wildman–Crippen LogP) is 2.46. The van der Waals surface area contributed by atoms with Gasteiger partial charge in [0, 0.05) is 18.8 Å². The van der Waals surface area contributed by atoms with E-state index in [1.54, 1.807) is 29.2 Å². The number of benzene rings is 2. The van der Waals surface area contributed by atoms with Crippen molar-refractivity contribution in [2.75, 3.05) is 31.6 Å². The number of urea groups is 1. The van der Waals surface area contributed by atoms with Crippen LogP contribution in [0.2, 0.25) is 0 Å². The zero-order valence-electron chi connectivity index (χ0n) is 14.8. The summed E-state index contributed by atoms with van der Waals surface area (Å²) in [7, 11) is 0. The molecule has 0 aliphatic carbocycles. The van der Waals surface area contributed by atoms with Crippen molar-refractivity contribution >= 4 is 17.6 Å². The van der Waals surface area contributed by atoms with Crippen LogP contribution in [-0.2, 0) is 9.53 Å². The quantitative estimate of drug-likeness (QED) is 0.873. The number of amides is 3. The molecule has 4 rings (SSSR count). The van der Waals surface area contributed by atoms with E-state index in [9.17, 15) is 9.59 Å². The summed E-state index contributed by atoms with van der Waals surface area (Å²) >= 11 is 0. The highest BCUT2D eigenvalue weighted by atomic mass is 16.5. The molecule has 2 aliphatic rings. The first-order valence-corrected chi connectivity index (χ1v) is 8.94. The maximum Gasteiger partial charge on any atom is 0.321 e. The van der Waals surface area contributed by atoms with E-state index in [0.29, 0.717) is 37.7 Å². The average molecular weight is 367 g/mol. The lowest BCUT2D eigenvalue weighted by atomic mass is 10.1. The molecule has 2 aromatic rings. The summed E-state index contributed by atoms with van der Waals surface area (Å²) in [6.07, 6.45) is 0. The normalized spacial score (nSPS) is 21.8. The number of carbonyl (C=O) groups excluding carboxylic acids is 2. The third-order valence-corrected chi connectivity index (χ3v) is 4.61. The molecule has 0 saturated carbocycles. The molecule has 2 aromatic carbocycles. The molecule has 2 aliphatic heterocycles. The lowest BCUT2D eigenvalue weighted by Crippen LogP contribution is -2.46. The Bertz CT molecular complexity index is 810. The van der Waals surface area contributed by atoms with Crippen LogP contribution in [0.25, 0.3) is 0 Å². The first kappa shape index (κ1) is 17.4. The molecule has 2 N–H and O–H groups in total. The lowest BCUT2D eigenvalue weighted by Gasteiger charge is -2.27.